The predicted molar refractivity (Wildman–Crippen MR) is 228 cm³/mol. The van der Waals surface area contributed by atoms with Gasteiger partial charge in [0, 0.05) is 55.3 Å². The summed E-state index contributed by atoms with van der Waals surface area (Å²) in [7, 11) is 0. The largest absolute Gasteiger partial charge is 0.353 e. The smallest absolute Gasteiger partial charge is 0.0816 e. The highest BCUT2D eigenvalue weighted by Gasteiger charge is 2.31. The lowest BCUT2D eigenvalue weighted by Gasteiger charge is -2.13. The van der Waals surface area contributed by atoms with Gasteiger partial charge in [0.2, 0.25) is 0 Å². The molecule has 0 amide bonds. The lowest BCUT2D eigenvalue weighted by molar-refractivity contribution is 1.38. The molecule has 0 atom stereocenters. The van der Waals surface area contributed by atoms with Crippen LogP contribution < -0.4 is 0 Å². The van der Waals surface area contributed by atoms with E-state index in [-0.39, 0.29) is 0 Å². The van der Waals surface area contributed by atoms with Gasteiger partial charge in [-0.05, 0) is 22.3 Å². The molecule has 0 saturated heterocycles. The highest BCUT2D eigenvalue weighted by Crippen LogP contribution is 2.52. The van der Waals surface area contributed by atoms with Gasteiger partial charge < -0.3 is 4.98 Å². The first-order chi connectivity index (χ1) is 27.3. The zero-order valence-corrected chi connectivity index (χ0v) is 29.9. The van der Waals surface area contributed by atoms with Gasteiger partial charge in [0.05, 0.1) is 33.8 Å². The Morgan fingerprint density at radius 1 is 0.255 bits per heavy atom. The van der Waals surface area contributed by atoms with Crippen molar-refractivity contribution in [1.82, 2.24) is 15.0 Å². The van der Waals surface area contributed by atoms with Crippen molar-refractivity contribution < 1.29 is 0 Å². The molecule has 2 aliphatic heterocycles. The van der Waals surface area contributed by atoms with E-state index in [4.69, 9.17) is 9.97 Å². The Bertz CT molecular complexity index is 3060. The van der Waals surface area contributed by atoms with E-state index in [2.05, 4.69) is 199 Å². The number of rotatable bonds is 4. The van der Waals surface area contributed by atoms with Gasteiger partial charge in [0.15, 0.2) is 0 Å². The van der Waals surface area contributed by atoms with Gasteiger partial charge in [-0.15, -0.1) is 0 Å². The second-order valence-corrected chi connectivity index (χ2v) is 14.1. The maximum atomic E-state index is 5.81. The Balaban J connectivity index is 1.51. The number of aromatic nitrogens is 3. The van der Waals surface area contributed by atoms with Crippen LogP contribution in [-0.4, -0.2) is 15.0 Å². The molecule has 6 bridgehead atoms. The van der Waals surface area contributed by atoms with Crippen molar-refractivity contribution in [3.63, 3.8) is 0 Å². The molecule has 3 nitrogen and oxygen atoms in total. The molecule has 1 N–H and O–H groups in total. The minimum absolute atomic E-state index is 0.920. The molecule has 1 aromatic heterocycles. The number of nitrogens with one attached hydrogen (secondary N) is 1. The Hall–Kier alpha value is -7.36. The average molecular weight is 700 g/mol. The van der Waals surface area contributed by atoms with Gasteiger partial charge in [-0.3, -0.25) is 0 Å². The van der Waals surface area contributed by atoms with Crippen molar-refractivity contribution >= 4 is 21.8 Å². The summed E-state index contributed by atoms with van der Waals surface area (Å²) in [5.41, 5.74) is 18.8. The van der Waals surface area contributed by atoms with Crippen molar-refractivity contribution in [1.29, 1.82) is 0 Å². The van der Waals surface area contributed by atoms with Crippen LogP contribution in [0, 0.1) is 0 Å². The molecule has 0 radical (unpaired) electrons. The molecule has 1 aliphatic carbocycles. The monoisotopic (exact) mass is 699 g/mol. The molecular weight excluding hydrogens is 667 g/mol. The van der Waals surface area contributed by atoms with Crippen LogP contribution >= 0.6 is 0 Å². The van der Waals surface area contributed by atoms with E-state index in [1.807, 2.05) is 0 Å². The molecule has 3 heteroatoms. The van der Waals surface area contributed by atoms with Gasteiger partial charge in [0.25, 0.3) is 0 Å². The molecule has 0 fully saturated rings. The van der Waals surface area contributed by atoms with Crippen molar-refractivity contribution in [2.75, 3.05) is 0 Å². The number of hydrogen-bond acceptors (Lipinski definition) is 2. The van der Waals surface area contributed by atoms with E-state index < -0.39 is 0 Å². The third kappa shape index (κ3) is 4.91. The third-order valence-electron chi connectivity index (χ3n) is 11.0. The van der Waals surface area contributed by atoms with Gasteiger partial charge in [0.1, 0.15) is 0 Å². The van der Waals surface area contributed by atoms with E-state index in [0.29, 0.717) is 0 Å². The molecule has 0 spiro atoms. The molecule has 55 heavy (non-hydrogen) atoms. The van der Waals surface area contributed by atoms with E-state index in [0.717, 1.165) is 111 Å². The lowest BCUT2D eigenvalue weighted by atomic mass is 9.89. The summed E-state index contributed by atoms with van der Waals surface area (Å²) >= 11 is 0. The second-order valence-electron chi connectivity index (χ2n) is 14.1. The minimum atomic E-state index is 0.920. The van der Waals surface area contributed by atoms with E-state index in [9.17, 15) is 0 Å². The van der Waals surface area contributed by atoms with Gasteiger partial charge in [-0.25, -0.2) is 9.97 Å². The minimum Gasteiger partial charge on any atom is -0.353 e. The highest BCUT2D eigenvalue weighted by atomic mass is 14.8. The van der Waals surface area contributed by atoms with E-state index in [1.54, 1.807) is 0 Å². The van der Waals surface area contributed by atoms with Crippen LogP contribution in [-0.2, 0) is 0 Å². The highest BCUT2D eigenvalue weighted by molar-refractivity contribution is 6.19. The first kappa shape index (κ1) is 31.2. The molecule has 0 unspecified atom stereocenters. The lowest BCUT2D eigenvalue weighted by Crippen LogP contribution is -1.90. The standard InChI is InChI=1S/C52H33N3/c1-5-19-33(20-6-1)43-44(34-21-7-2-8-22-34)48-38-28-14-16-30-40(38)50(54-48)46(36-25-11-4-12-26-36)52-42-32-18-17-31-41(42)51(55-52)45(35-23-9-3-10-24-35)49-39-29-15-13-27-37(39)47(43)53-49/h1-32,53H. The van der Waals surface area contributed by atoms with Crippen molar-refractivity contribution in [3.05, 3.63) is 194 Å². The van der Waals surface area contributed by atoms with Crippen molar-refractivity contribution in [3.8, 4) is 89.5 Å². The maximum absolute atomic E-state index is 5.81. The van der Waals surface area contributed by atoms with Crippen LogP contribution in [0.4, 0.5) is 0 Å². The van der Waals surface area contributed by atoms with Crippen molar-refractivity contribution in [2.24, 2.45) is 0 Å². The number of hydrogen-bond donors (Lipinski definition) is 1. The van der Waals surface area contributed by atoms with Crippen LogP contribution in [0.25, 0.3) is 111 Å². The SMILES string of the molecule is c1ccc(-c2c3nc(c(-c4ccccc4)c(-c4ccccc4)c4[nH]c(c(-c5ccccc5)c5nc2-c2ccccc2-5)c2ccccc42)-c2ccccc2-3)cc1. The first-order valence-corrected chi connectivity index (χ1v) is 18.8. The predicted octanol–water partition coefficient (Wildman–Crippen LogP) is 13.8. The molecule has 3 heterocycles. The van der Waals surface area contributed by atoms with Crippen molar-refractivity contribution in [2.45, 2.75) is 0 Å². The number of benzene rings is 7. The fourth-order valence-corrected chi connectivity index (χ4v) is 8.61. The van der Waals surface area contributed by atoms with Crippen LogP contribution in [0.2, 0.25) is 0 Å². The maximum Gasteiger partial charge on any atom is 0.0816 e. The fourth-order valence-electron chi connectivity index (χ4n) is 8.61. The Kier molecular flexibility index (Phi) is 7.17. The quantitative estimate of drug-likeness (QED) is 0.199. The fraction of sp³-hybridized carbons (Fsp3) is 0. The summed E-state index contributed by atoms with van der Waals surface area (Å²) in [6.07, 6.45) is 0. The molecule has 8 aromatic rings. The molecule has 11 rings (SSSR count). The van der Waals surface area contributed by atoms with Gasteiger partial charge in [-0.1, -0.05) is 194 Å². The first-order valence-electron chi connectivity index (χ1n) is 18.8. The average Bonchev–Trinajstić information content (AvgIpc) is 3.94. The summed E-state index contributed by atoms with van der Waals surface area (Å²) in [5.74, 6) is 0. The molecule has 0 saturated carbocycles. The second kappa shape index (κ2) is 12.6. The zero-order valence-electron chi connectivity index (χ0n) is 29.9. The summed E-state index contributed by atoms with van der Waals surface area (Å²) in [6, 6.07) is 69.1. The Labute approximate surface area is 319 Å². The zero-order chi connectivity index (χ0) is 36.3. The summed E-state index contributed by atoms with van der Waals surface area (Å²) < 4.78 is 0. The summed E-state index contributed by atoms with van der Waals surface area (Å²) in [5, 5.41) is 2.27. The Morgan fingerprint density at radius 2 is 0.545 bits per heavy atom. The van der Waals surface area contributed by atoms with Crippen LogP contribution in [0.1, 0.15) is 0 Å². The normalized spacial score (nSPS) is 11.6. The third-order valence-corrected chi connectivity index (χ3v) is 11.0. The number of H-pyrrole nitrogens is 1. The number of nitrogens with zero attached hydrogens (tertiary/aromatic N) is 2. The molecule has 3 aliphatic rings. The van der Waals surface area contributed by atoms with Crippen LogP contribution in [0.3, 0.4) is 0 Å². The van der Waals surface area contributed by atoms with E-state index in [1.165, 1.54) is 0 Å². The number of aromatic amines is 1. The van der Waals surface area contributed by atoms with Gasteiger partial charge >= 0.3 is 0 Å². The molecule has 256 valence electrons. The Morgan fingerprint density at radius 3 is 0.982 bits per heavy atom. The summed E-state index contributed by atoms with van der Waals surface area (Å²) in [4.78, 5) is 15.7. The molecular formula is C52H33N3. The van der Waals surface area contributed by atoms with Crippen LogP contribution in [0.5, 0.6) is 0 Å². The van der Waals surface area contributed by atoms with E-state index >= 15 is 0 Å². The summed E-state index contributed by atoms with van der Waals surface area (Å²) in [6.45, 7) is 0. The topological polar surface area (TPSA) is 41.6 Å². The van der Waals surface area contributed by atoms with Gasteiger partial charge in [-0.2, -0.15) is 0 Å². The molecule has 7 aromatic carbocycles. The van der Waals surface area contributed by atoms with Crippen LogP contribution in [0.15, 0.2) is 194 Å².